The molecule has 0 spiro atoms. The molecule has 2 aromatic carbocycles. The molecule has 2 nitrogen and oxygen atoms in total. The first kappa shape index (κ1) is 13.3. The maximum atomic E-state index is 9.99. The smallest absolute Gasteiger partial charge is 0.120 e. The van der Waals surface area contributed by atoms with Crippen molar-refractivity contribution >= 4 is 17.3 Å². The fourth-order valence-electron chi connectivity index (χ4n) is 2.94. The van der Waals surface area contributed by atoms with E-state index >= 15 is 0 Å². The highest BCUT2D eigenvalue weighted by atomic mass is 35.5. The van der Waals surface area contributed by atoms with Gasteiger partial charge in [-0.2, -0.15) is 0 Å². The Hall–Kier alpha value is -1.67. The number of halogens is 1. The number of para-hydroxylation sites is 1. The summed E-state index contributed by atoms with van der Waals surface area (Å²) in [6, 6.07) is 13.7. The Kier molecular flexibility index (Phi) is 3.58. The van der Waals surface area contributed by atoms with Crippen LogP contribution in [-0.4, -0.2) is 11.7 Å². The molecule has 3 heteroatoms. The molecule has 0 aliphatic carbocycles. The number of benzene rings is 2. The molecule has 0 bridgehead atoms. The molecule has 0 fully saturated rings. The third kappa shape index (κ3) is 2.61. The summed E-state index contributed by atoms with van der Waals surface area (Å²) < 4.78 is 0. The van der Waals surface area contributed by atoms with Crippen molar-refractivity contribution in [1.82, 2.24) is 0 Å². The van der Waals surface area contributed by atoms with Crippen LogP contribution in [-0.2, 0) is 13.0 Å². The van der Waals surface area contributed by atoms with Crippen LogP contribution in [0.15, 0.2) is 42.5 Å². The van der Waals surface area contributed by atoms with Crippen molar-refractivity contribution in [2.24, 2.45) is 5.92 Å². The van der Waals surface area contributed by atoms with Crippen LogP contribution >= 0.6 is 11.6 Å². The zero-order valence-electron chi connectivity index (χ0n) is 11.5. The van der Waals surface area contributed by atoms with Gasteiger partial charge in [0.2, 0.25) is 0 Å². The van der Waals surface area contributed by atoms with Crippen molar-refractivity contribution in [3.8, 4) is 5.75 Å². The summed E-state index contributed by atoms with van der Waals surface area (Å²) in [7, 11) is 0. The molecule has 1 aliphatic rings. The second-order valence-electron chi connectivity index (χ2n) is 5.59. The van der Waals surface area contributed by atoms with E-state index in [1.165, 1.54) is 11.3 Å². The Bertz CT molecular complexity index is 626. The topological polar surface area (TPSA) is 23.5 Å². The molecule has 0 saturated carbocycles. The van der Waals surface area contributed by atoms with Gasteiger partial charge in [-0.15, -0.1) is 0 Å². The lowest BCUT2D eigenvalue weighted by Crippen LogP contribution is -2.33. The van der Waals surface area contributed by atoms with Gasteiger partial charge in [0.15, 0.2) is 0 Å². The molecule has 1 N–H and O–H groups in total. The summed E-state index contributed by atoms with van der Waals surface area (Å²) in [5.41, 5.74) is 3.53. The van der Waals surface area contributed by atoms with E-state index in [-0.39, 0.29) is 0 Å². The van der Waals surface area contributed by atoms with Gasteiger partial charge in [-0.25, -0.2) is 0 Å². The van der Waals surface area contributed by atoms with Gasteiger partial charge >= 0.3 is 0 Å². The van der Waals surface area contributed by atoms with E-state index in [4.69, 9.17) is 11.6 Å². The van der Waals surface area contributed by atoms with Crippen LogP contribution in [0.5, 0.6) is 5.75 Å². The summed E-state index contributed by atoms with van der Waals surface area (Å²) in [5.74, 6) is 0.927. The number of phenolic OH excluding ortho intramolecular Hbond substituents is 1. The van der Waals surface area contributed by atoms with E-state index in [0.717, 1.165) is 18.5 Å². The van der Waals surface area contributed by atoms with Crippen molar-refractivity contribution in [2.75, 3.05) is 11.4 Å². The number of phenols is 1. The quantitative estimate of drug-likeness (QED) is 0.893. The molecule has 0 amide bonds. The Balaban J connectivity index is 1.93. The zero-order valence-corrected chi connectivity index (χ0v) is 12.3. The average molecular weight is 288 g/mol. The molecule has 1 atom stereocenters. The van der Waals surface area contributed by atoms with Crippen LogP contribution in [0.4, 0.5) is 5.69 Å². The normalized spacial score (nSPS) is 17.9. The lowest BCUT2D eigenvalue weighted by atomic mass is 9.93. The first-order chi connectivity index (χ1) is 9.63. The molecule has 1 heterocycles. The monoisotopic (exact) mass is 287 g/mol. The zero-order chi connectivity index (χ0) is 14.1. The van der Waals surface area contributed by atoms with E-state index in [1.807, 2.05) is 6.07 Å². The third-order valence-electron chi connectivity index (χ3n) is 3.84. The minimum Gasteiger partial charge on any atom is -0.508 e. The van der Waals surface area contributed by atoms with Crippen LogP contribution in [0.1, 0.15) is 18.1 Å². The Morgan fingerprint density at radius 2 is 2.05 bits per heavy atom. The molecular formula is C17H18ClNO. The summed E-state index contributed by atoms with van der Waals surface area (Å²) in [4.78, 5) is 2.33. The predicted octanol–water partition coefficient (Wildman–Crippen LogP) is 4.24. The van der Waals surface area contributed by atoms with Crippen LogP contribution < -0.4 is 4.90 Å². The largest absolute Gasteiger partial charge is 0.508 e. The van der Waals surface area contributed by atoms with E-state index < -0.39 is 0 Å². The van der Waals surface area contributed by atoms with Crippen molar-refractivity contribution < 1.29 is 5.11 Å². The van der Waals surface area contributed by atoms with Gasteiger partial charge in [-0.05, 0) is 42.2 Å². The highest BCUT2D eigenvalue weighted by Crippen LogP contribution is 2.32. The highest BCUT2D eigenvalue weighted by Gasteiger charge is 2.22. The maximum absolute atomic E-state index is 9.99. The fraction of sp³-hybridized carbons (Fsp3) is 0.294. The molecule has 0 saturated heterocycles. The van der Waals surface area contributed by atoms with Crippen molar-refractivity contribution in [3.63, 3.8) is 0 Å². The summed E-state index contributed by atoms with van der Waals surface area (Å²) in [6.07, 6.45) is 1.12. The molecule has 0 aromatic heterocycles. The number of fused-ring (bicyclic) bond motifs is 1. The van der Waals surface area contributed by atoms with Gasteiger partial charge in [0.1, 0.15) is 5.75 Å². The van der Waals surface area contributed by atoms with Gasteiger partial charge in [0.25, 0.3) is 0 Å². The number of anilines is 1. The second kappa shape index (κ2) is 5.37. The Morgan fingerprint density at radius 1 is 1.25 bits per heavy atom. The van der Waals surface area contributed by atoms with E-state index in [0.29, 0.717) is 23.2 Å². The molecule has 104 valence electrons. The lowest BCUT2D eigenvalue weighted by molar-refractivity contribution is 0.463. The number of nitrogens with zero attached hydrogens (tertiary/aromatic N) is 1. The molecule has 2 aromatic rings. The minimum atomic E-state index is 0.310. The van der Waals surface area contributed by atoms with Crippen LogP contribution in [0.25, 0.3) is 0 Å². The van der Waals surface area contributed by atoms with E-state index in [1.54, 1.807) is 12.1 Å². The molecule has 1 unspecified atom stereocenters. The predicted molar refractivity (Wildman–Crippen MR) is 83.5 cm³/mol. The average Bonchev–Trinajstić information content (AvgIpc) is 2.43. The number of aromatic hydroxyl groups is 1. The standard InChI is InChI=1S/C17H18ClNO/c1-12-8-13-4-2-3-5-16(13)19(10-12)11-14-9-15(18)6-7-17(14)20/h2-7,9,12,20H,8,10-11H2,1H3. The highest BCUT2D eigenvalue weighted by molar-refractivity contribution is 6.30. The van der Waals surface area contributed by atoms with Gasteiger partial charge in [0.05, 0.1) is 0 Å². The molecular weight excluding hydrogens is 270 g/mol. The van der Waals surface area contributed by atoms with Crippen molar-refractivity contribution in [2.45, 2.75) is 19.9 Å². The summed E-state index contributed by atoms with van der Waals surface area (Å²) >= 11 is 6.03. The third-order valence-corrected chi connectivity index (χ3v) is 4.07. The number of hydrogen-bond donors (Lipinski definition) is 1. The SMILES string of the molecule is CC1Cc2ccccc2N(Cc2cc(Cl)ccc2O)C1. The Morgan fingerprint density at radius 3 is 2.90 bits per heavy atom. The fourth-order valence-corrected chi connectivity index (χ4v) is 3.14. The molecule has 1 aliphatic heterocycles. The molecule has 3 rings (SSSR count). The Labute approximate surface area is 124 Å². The number of hydrogen-bond acceptors (Lipinski definition) is 2. The maximum Gasteiger partial charge on any atom is 0.120 e. The van der Waals surface area contributed by atoms with Gasteiger partial charge < -0.3 is 10.0 Å². The minimum absolute atomic E-state index is 0.310. The summed E-state index contributed by atoms with van der Waals surface area (Å²) in [5, 5.41) is 10.7. The van der Waals surface area contributed by atoms with Crippen LogP contribution in [0.3, 0.4) is 0 Å². The van der Waals surface area contributed by atoms with Crippen LogP contribution in [0.2, 0.25) is 5.02 Å². The van der Waals surface area contributed by atoms with Gasteiger partial charge in [0, 0.05) is 29.4 Å². The first-order valence-corrected chi connectivity index (χ1v) is 7.31. The van der Waals surface area contributed by atoms with Gasteiger partial charge in [-0.1, -0.05) is 36.7 Å². The molecule has 0 radical (unpaired) electrons. The first-order valence-electron chi connectivity index (χ1n) is 6.93. The second-order valence-corrected chi connectivity index (χ2v) is 6.03. The van der Waals surface area contributed by atoms with E-state index in [2.05, 4.69) is 36.1 Å². The summed E-state index contributed by atoms with van der Waals surface area (Å²) in [6.45, 7) is 3.96. The van der Waals surface area contributed by atoms with Crippen molar-refractivity contribution in [3.05, 3.63) is 58.6 Å². The van der Waals surface area contributed by atoms with Crippen LogP contribution in [0, 0.1) is 5.92 Å². The van der Waals surface area contributed by atoms with E-state index in [9.17, 15) is 5.11 Å². The molecule has 20 heavy (non-hydrogen) atoms. The lowest BCUT2D eigenvalue weighted by Gasteiger charge is -2.35. The number of rotatable bonds is 2. The van der Waals surface area contributed by atoms with Gasteiger partial charge in [-0.3, -0.25) is 0 Å². The van der Waals surface area contributed by atoms with Crippen molar-refractivity contribution in [1.29, 1.82) is 0 Å².